The SMILES string of the molecule is CC(=O)N(C(=O)C(C)C)c1cc2c(c(C#C[Si](C)(C)C)c1[Si](C)(C)C)CN(S(=O)(=O)c1ccc(C)cc1)C2. The molecule has 2 aromatic carbocycles. The molecule has 204 valence electrons. The van der Waals surface area contributed by atoms with E-state index in [2.05, 4.69) is 50.7 Å². The van der Waals surface area contributed by atoms with Gasteiger partial charge in [-0.3, -0.25) is 14.5 Å². The van der Waals surface area contributed by atoms with Crippen molar-refractivity contribution in [1.82, 2.24) is 4.31 Å². The van der Waals surface area contributed by atoms with Crippen LogP contribution in [0.15, 0.2) is 35.2 Å². The van der Waals surface area contributed by atoms with E-state index in [0.717, 1.165) is 27.4 Å². The van der Waals surface area contributed by atoms with Gasteiger partial charge in [-0.2, -0.15) is 4.31 Å². The normalized spacial score (nSPS) is 14.2. The Labute approximate surface area is 230 Å². The summed E-state index contributed by atoms with van der Waals surface area (Å²) in [6.07, 6.45) is 0. The number of aryl methyl sites for hydroxylation is 1. The van der Waals surface area contributed by atoms with Gasteiger partial charge in [0.1, 0.15) is 8.07 Å². The summed E-state index contributed by atoms with van der Waals surface area (Å²) < 4.78 is 28.7. The van der Waals surface area contributed by atoms with Gasteiger partial charge in [0.25, 0.3) is 0 Å². The first-order valence-corrected chi connectivity index (χ1v) is 21.4. The maximum Gasteiger partial charge on any atom is 0.243 e. The number of benzene rings is 2. The molecule has 2 amide bonds. The van der Waals surface area contributed by atoms with E-state index in [9.17, 15) is 18.0 Å². The molecule has 1 aliphatic heterocycles. The van der Waals surface area contributed by atoms with Gasteiger partial charge >= 0.3 is 0 Å². The number of sulfonamides is 1. The Balaban J connectivity index is 2.34. The van der Waals surface area contributed by atoms with Crippen molar-refractivity contribution in [3.05, 3.63) is 52.6 Å². The van der Waals surface area contributed by atoms with Gasteiger partial charge < -0.3 is 0 Å². The Bertz CT molecular complexity index is 1440. The van der Waals surface area contributed by atoms with Crippen molar-refractivity contribution in [3.63, 3.8) is 0 Å². The molecule has 3 rings (SSSR count). The summed E-state index contributed by atoms with van der Waals surface area (Å²) in [5.74, 6) is 2.45. The highest BCUT2D eigenvalue weighted by atomic mass is 32.2. The lowest BCUT2D eigenvalue weighted by molar-refractivity contribution is -0.127. The molecule has 0 bridgehead atoms. The van der Waals surface area contributed by atoms with Crippen LogP contribution in [-0.4, -0.2) is 40.7 Å². The molecule has 0 radical (unpaired) electrons. The predicted molar refractivity (Wildman–Crippen MR) is 160 cm³/mol. The molecule has 0 aromatic heterocycles. The second-order valence-corrected chi connectivity index (χ2v) is 24.2. The van der Waals surface area contributed by atoms with Crippen molar-refractivity contribution in [3.8, 4) is 11.5 Å². The maximum atomic E-state index is 13.6. The van der Waals surface area contributed by atoms with Crippen molar-refractivity contribution in [1.29, 1.82) is 0 Å². The molecule has 0 saturated carbocycles. The van der Waals surface area contributed by atoms with Crippen LogP contribution in [0.1, 0.15) is 43.0 Å². The Hall–Kier alpha value is -2.52. The van der Waals surface area contributed by atoms with Gasteiger partial charge in [-0.15, -0.1) is 5.54 Å². The van der Waals surface area contributed by atoms with E-state index in [4.69, 9.17) is 0 Å². The Kier molecular flexibility index (Phi) is 8.35. The highest BCUT2D eigenvalue weighted by Gasteiger charge is 2.38. The number of fused-ring (bicyclic) bond motifs is 1. The molecule has 0 spiro atoms. The van der Waals surface area contributed by atoms with Crippen molar-refractivity contribution < 1.29 is 18.0 Å². The summed E-state index contributed by atoms with van der Waals surface area (Å²) >= 11 is 0. The van der Waals surface area contributed by atoms with Crippen LogP contribution in [0.4, 0.5) is 5.69 Å². The summed E-state index contributed by atoms with van der Waals surface area (Å²) in [6.45, 7) is 20.3. The number of hydrogen-bond acceptors (Lipinski definition) is 4. The number of hydrogen-bond donors (Lipinski definition) is 0. The quantitative estimate of drug-likeness (QED) is 0.375. The summed E-state index contributed by atoms with van der Waals surface area (Å²) in [7, 11) is -7.74. The predicted octanol–water partition coefficient (Wildman–Crippen LogP) is 5.01. The van der Waals surface area contributed by atoms with Gasteiger partial charge in [0.2, 0.25) is 21.8 Å². The number of carbonyl (C=O) groups excluding carboxylic acids is 2. The molecule has 0 unspecified atom stereocenters. The van der Waals surface area contributed by atoms with Crippen molar-refractivity contribution in [2.45, 2.75) is 85.0 Å². The largest absolute Gasteiger partial charge is 0.274 e. The Morgan fingerprint density at radius 3 is 2.05 bits per heavy atom. The van der Waals surface area contributed by atoms with Gasteiger partial charge in [-0.1, -0.05) is 76.7 Å². The zero-order valence-electron chi connectivity index (χ0n) is 24.3. The minimum absolute atomic E-state index is 0.160. The number of anilines is 1. The molecular formula is C29H40N2O4SSi2. The van der Waals surface area contributed by atoms with Crippen molar-refractivity contribution >= 4 is 48.9 Å². The molecule has 9 heteroatoms. The number of amides is 2. The summed E-state index contributed by atoms with van der Waals surface area (Å²) in [5.41, 5.74) is 7.49. The zero-order valence-corrected chi connectivity index (χ0v) is 27.1. The highest BCUT2D eigenvalue weighted by Crippen LogP contribution is 2.35. The molecule has 2 aromatic rings. The summed E-state index contributed by atoms with van der Waals surface area (Å²) in [6, 6.07) is 8.73. The van der Waals surface area contributed by atoms with Crippen LogP contribution >= 0.6 is 0 Å². The fourth-order valence-electron chi connectivity index (χ4n) is 4.56. The van der Waals surface area contributed by atoms with E-state index >= 15 is 0 Å². The Morgan fingerprint density at radius 1 is 1.00 bits per heavy atom. The van der Waals surface area contributed by atoms with Crippen LogP contribution in [-0.2, 0) is 32.7 Å². The second-order valence-electron chi connectivity index (χ2n) is 12.5. The second kappa shape index (κ2) is 10.6. The lowest BCUT2D eigenvalue weighted by Crippen LogP contribution is -2.48. The minimum atomic E-state index is -3.75. The zero-order chi connectivity index (χ0) is 28.8. The van der Waals surface area contributed by atoms with Gasteiger partial charge in [0.15, 0.2) is 0 Å². The van der Waals surface area contributed by atoms with E-state index in [1.54, 1.807) is 38.1 Å². The van der Waals surface area contributed by atoms with Gasteiger partial charge in [-0.25, -0.2) is 8.42 Å². The molecule has 0 aliphatic carbocycles. The highest BCUT2D eigenvalue weighted by molar-refractivity contribution is 7.89. The molecule has 1 heterocycles. The standard InChI is InChI=1S/C29H40N2O4SSi2/c1-20(2)29(33)31(22(4)32)27-17-23-18-30(36(34,35)24-13-11-21(3)12-14-24)19-26(23)25(15-16-37(5,6)7)28(27)38(8,9)10/h11-14,17,20H,18-19H2,1-10H3. The van der Waals surface area contributed by atoms with E-state index in [-0.39, 0.29) is 35.7 Å². The average Bonchev–Trinajstić information content (AvgIpc) is 3.21. The molecule has 38 heavy (non-hydrogen) atoms. The first-order valence-electron chi connectivity index (χ1n) is 13.0. The fourth-order valence-corrected chi connectivity index (χ4v) is 8.36. The van der Waals surface area contributed by atoms with Crippen LogP contribution in [0.2, 0.25) is 39.3 Å². The van der Waals surface area contributed by atoms with E-state index < -0.39 is 26.2 Å². The number of imide groups is 1. The van der Waals surface area contributed by atoms with Gasteiger partial charge in [0, 0.05) is 31.5 Å². The summed E-state index contributed by atoms with van der Waals surface area (Å²) in [5, 5.41) is 0.931. The van der Waals surface area contributed by atoms with E-state index in [1.807, 2.05) is 13.0 Å². The first kappa shape index (κ1) is 30.0. The van der Waals surface area contributed by atoms with E-state index in [1.165, 1.54) is 16.1 Å². The molecular weight excluding hydrogens is 529 g/mol. The third-order valence-electron chi connectivity index (χ3n) is 6.43. The minimum Gasteiger partial charge on any atom is -0.274 e. The first-order chi connectivity index (χ1) is 17.3. The third kappa shape index (κ3) is 6.20. The molecule has 0 fully saturated rings. The van der Waals surface area contributed by atoms with Crippen molar-refractivity contribution in [2.24, 2.45) is 5.92 Å². The lowest BCUT2D eigenvalue weighted by Gasteiger charge is -2.31. The number of nitrogens with zero attached hydrogens (tertiary/aromatic N) is 2. The summed E-state index contributed by atoms with van der Waals surface area (Å²) in [4.78, 5) is 27.8. The fraction of sp³-hybridized carbons (Fsp3) is 0.448. The third-order valence-corrected chi connectivity index (χ3v) is 11.1. The molecule has 0 atom stereocenters. The molecule has 6 nitrogen and oxygen atoms in total. The van der Waals surface area contributed by atoms with Crippen LogP contribution in [0.25, 0.3) is 0 Å². The average molecular weight is 569 g/mol. The smallest absolute Gasteiger partial charge is 0.243 e. The van der Waals surface area contributed by atoms with Crippen LogP contribution < -0.4 is 10.1 Å². The number of carbonyl (C=O) groups is 2. The molecule has 0 saturated heterocycles. The lowest BCUT2D eigenvalue weighted by atomic mass is 10.0. The molecule has 0 N–H and O–H groups in total. The van der Waals surface area contributed by atoms with Crippen molar-refractivity contribution in [2.75, 3.05) is 4.90 Å². The van der Waals surface area contributed by atoms with Crippen LogP contribution in [0.5, 0.6) is 0 Å². The molecule has 1 aliphatic rings. The monoisotopic (exact) mass is 568 g/mol. The maximum absolute atomic E-state index is 13.6. The van der Waals surface area contributed by atoms with E-state index in [0.29, 0.717) is 5.69 Å². The van der Waals surface area contributed by atoms with Gasteiger partial charge in [0.05, 0.1) is 18.7 Å². The van der Waals surface area contributed by atoms with Crippen LogP contribution in [0, 0.1) is 24.3 Å². The van der Waals surface area contributed by atoms with Gasteiger partial charge in [-0.05, 0) is 41.4 Å². The topological polar surface area (TPSA) is 74.8 Å². The van der Waals surface area contributed by atoms with Crippen LogP contribution in [0.3, 0.4) is 0 Å². The Morgan fingerprint density at radius 2 is 1.58 bits per heavy atom. The number of rotatable bonds is 5.